The van der Waals surface area contributed by atoms with Crippen LogP contribution in [0.3, 0.4) is 0 Å². The van der Waals surface area contributed by atoms with Crippen LogP contribution in [0, 0.1) is 0 Å². The van der Waals surface area contributed by atoms with E-state index in [-0.39, 0.29) is 12.6 Å². The summed E-state index contributed by atoms with van der Waals surface area (Å²) in [5.41, 5.74) is 1.28. The molecule has 8 heteroatoms. The Balaban J connectivity index is 1.71. The highest BCUT2D eigenvalue weighted by Gasteiger charge is 2.26. The molecule has 140 valence electrons. The summed E-state index contributed by atoms with van der Waals surface area (Å²) in [6.07, 6.45) is -3.13. The first kappa shape index (κ1) is 20.0. The van der Waals surface area contributed by atoms with Crippen LogP contribution in [-0.4, -0.2) is 49.8 Å². The number of benzene rings is 1. The normalized spacial score (nSPS) is 17.6. The van der Waals surface area contributed by atoms with Crippen molar-refractivity contribution in [3.63, 3.8) is 0 Å². The average molecular weight is 421 g/mol. The van der Waals surface area contributed by atoms with E-state index in [9.17, 15) is 13.2 Å². The molecule has 0 amide bonds. The molecular weight excluding hydrogens is 397 g/mol. The molecule has 1 fully saturated rings. The summed E-state index contributed by atoms with van der Waals surface area (Å²) in [5.74, 6) is 0.440. The van der Waals surface area contributed by atoms with Crippen LogP contribution in [-0.2, 0) is 6.54 Å². The third-order valence-corrected chi connectivity index (χ3v) is 4.70. The van der Waals surface area contributed by atoms with Crippen LogP contribution in [0.15, 0.2) is 33.7 Å². The van der Waals surface area contributed by atoms with Gasteiger partial charge in [0.05, 0.1) is 6.42 Å². The Kier molecular flexibility index (Phi) is 7.56. The maximum absolute atomic E-state index is 12.2. The molecule has 0 saturated carbocycles. The monoisotopic (exact) mass is 420 g/mol. The number of guanidine groups is 1. The number of rotatable bonds is 5. The van der Waals surface area contributed by atoms with Crippen molar-refractivity contribution < 1.29 is 13.2 Å². The molecule has 1 aliphatic heterocycles. The van der Waals surface area contributed by atoms with E-state index in [0.29, 0.717) is 5.96 Å². The van der Waals surface area contributed by atoms with E-state index in [1.165, 1.54) is 5.56 Å². The lowest BCUT2D eigenvalue weighted by atomic mass is 10.0. The van der Waals surface area contributed by atoms with Crippen molar-refractivity contribution in [1.29, 1.82) is 0 Å². The van der Waals surface area contributed by atoms with Gasteiger partial charge < -0.3 is 10.6 Å². The van der Waals surface area contributed by atoms with Gasteiger partial charge in [0.25, 0.3) is 0 Å². The van der Waals surface area contributed by atoms with Gasteiger partial charge in [-0.1, -0.05) is 28.1 Å². The van der Waals surface area contributed by atoms with Crippen LogP contribution in [0.25, 0.3) is 0 Å². The average Bonchev–Trinajstić information content (AvgIpc) is 2.56. The molecule has 1 aromatic rings. The van der Waals surface area contributed by atoms with E-state index in [4.69, 9.17) is 0 Å². The van der Waals surface area contributed by atoms with Crippen molar-refractivity contribution >= 4 is 21.9 Å². The molecular formula is C17H24BrF3N4. The third kappa shape index (κ3) is 7.64. The summed E-state index contributed by atoms with van der Waals surface area (Å²) in [5, 5.41) is 5.95. The summed E-state index contributed by atoms with van der Waals surface area (Å²) >= 11 is 3.44. The van der Waals surface area contributed by atoms with Crippen molar-refractivity contribution in [3.05, 3.63) is 34.3 Å². The lowest BCUT2D eigenvalue weighted by Crippen LogP contribution is -2.48. The van der Waals surface area contributed by atoms with E-state index in [1.807, 2.05) is 12.1 Å². The van der Waals surface area contributed by atoms with Crippen LogP contribution in [0.4, 0.5) is 13.2 Å². The highest BCUT2D eigenvalue weighted by Crippen LogP contribution is 2.18. The zero-order valence-corrected chi connectivity index (χ0v) is 15.8. The van der Waals surface area contributed by atoms with Crippen LogP contribution < -0.4 is 10.6 Å². The van der Waals surface area contributed by atoms with E-state index in [1.54, 1.807) is 7.05 Å². The van der Waals surface area contributed by atoms with Gasteiger partial charge in [-0.2, -0.15) is 13.2 Å². The van der Waals surface area contributed by atoms with Gasteiger partial charge in [-0.3, -0.25) is 9.89 Å². The van der Waals surface area contributed by atoms with Gasteiger partial charge in [0, 0.05) is 43.7 Å². The fraction of sp³-hybridized carbons (Fsp3) is 0.588. The predicted octanol–water partition coefficient (Wildman–Crippen LogP) is 3.53. The summed E-state index contributed by atoms with van der Waals surface area (Å²) in [7, 11) is 1.57. The van der Waals surface area contributed by atoms with Crippen LogP contribution in [0.1, 0.15) is 24.8 Å². The SMILES string of the molecule is CN=C(NCCC(F)(F)F)NC1CCN(Cc2ccc(Br)cc2)CC1. The quantitative estimate of drug-likeness (QED) is 0.565. The number of nitrogens with one attached hydrogen (secondary N) is 2. The molecule has 2 rings (SSSR count). The van der Waals surface area contributed by atoms with E-state index in [0.717, 1.165) is 36.9 Å². The lowest BCUT2D eigenvalue weighted by molar-refractivity contribution is -0.132. The zero-order valence-electron chi connectivity index (χ0n) is 14.2. The van der Waals surface area contributed by atoms with Gasteiger partial charge in [0.15, 0.2) is 5.96 Å². The number of alkyl halides is 3. The Hall–Kier alpha value is -1.28. The highest BCUT2D eigenvalue weighted by atomic mass is 79.9. The molecule has 25 heavy (non-hydrogen) atoms. The number of piperidine rings is 1. The predicted molar refractivity (Wildman–Crippen MR) is 97.6 cm³/mol. The summed E-state index contributed by atoms with van der Waals surface area (Å²) in [4.78, 5) is 6.40. The van der Waals surface area contributed by atoms with Gasteiger partial charge >= 0.3 is 6.18 Å². The molecule has 0 aliphatic carbocycles. The number of hydrogen-bond donors (Lipinski definition) is 2. The van der Waals surface area contributed by atoms with Crippen molar-refractivity contribution in [1.82, 2.24) is 15.5 Å². The molecule has 1 aromatic carbocycles. The standard InChI is InChI=1S/C17H24BrF3N4/c1-22-16(23-9-8-17(19,20)21)24-15-6-10-25(11-7-15)12-13-2-4-14(18)5-3-13/h2-5,15H,6-12H2,1H3,(H2,22,23,24). The number of aliphatic imine (C=N–C) groups is 1. The molecule has 0 radical (unpaired) electrons. The highest BCUT2D eigenvalue weighted by molar-refractivity contribution is 9.10. The second-order valence-corrected chi connectivity index (χ2v) is 7.10. The smallest absolute Gasteiger partial charge is 0.356 e. The number of nitrogens with zero attached hydrogens (tertiary/aromatic N) is 2. The first-order chi connectivity index (χ1) is 11.9. The third-order valence-electron chi connectivity index (χ3n) is 4.17. The maximum atomic E-state index is 12.2. The largest absolute Gasteiger partial charge is 0.390 e. The Bertz CT molecular complexity index is 552. The van der Waals surface area contributed by atoms with Crippen LogP contribution in [0.2, 0.25) is 0 Å². The van der Waals surface area contributed by atoms with Crippen LogP contribution >= 0.6 is 15.9 Å². The lowest BCUT2D eigenvalue weighted by Gasteiger charge is -2.33. The second kappa shape index (κ2) is 9.43. The Morgan fingerprint density at radius 2 is 1.88 bits per heavy atom. The first-order valence-electron chi connectivity index (χ1n) is 8.36. The maximum Gasteiger partial charge on any atom is 0.390 e. The van der Waals surface area contributed by atoms with Gasteiger partial charge in [0.1, 0.15) is 0 Å². The summed E-state index contributed by atoms with van der Waals surface area (Å²) in [6.45, 7) is 2.66. The fourth-order valence-corrected chi connectivity index (χ4v) is 3.06. The Morgan fingerprint density at radius 1 is 1.24 bits per heavy atom. The summed E-state index contributed by atoms with van der Waals surface area (Å²) in [6, 6.07) is 8.54. The second-order valence-electron chi connectivity index (χ2n) is 6.19. The molecule has 2 N–H and O–H groups in total. The van der Waals surface area contributed by atoms with Crippen molar-refractivity contribution in [2.24, 2.45) is 4.99 Å². The summed E-state index contributed by atoms with van der Waals surface area (Å²) < 4.78 is 37.7. The molecule has 1 aliphatic rings. The van der Waals surface area contributed by atoms with Crippen molar-refractivity contribution in [3.8, 4) is 0 Å². The fourth-order valence-electron chi connectivity index (χ4n) is 2.79. The van der Waals surface area contributed by atoms with Gasteiger partial charge in [-0.25, -0.2) is 0 Å². The molecule has 0 spiro atoms. The van der Waals surface area contributed by atoms with E-state index in [2.05, 4.69) is 48.6 Å². The van der Waals surface area contributed by atoms with Crippen molar-refractivity contribution in [2.45, 2.75) is 38.0 Å². The number of likely N-dealkylation sites (tertiary alicyclic amines) is 1. The first-order valence-corrected chi connectivity index (χ1v) is 9.16. The molecule has 0 bridgehead atoms. The molecule has 0 unspecified atom stereocenters. The Morgan fingerprint density at radius 3 is 2.44 bits per heavy atom. The minimum absolute atomic E-state index is 0.161. The molecule has 4 nitrogen and oxygen atoms in total. The molecule has 1 heterocycles. The molecule has 0 aromatic heterocycles. The van der Waals surface area contributed by atoms with Crippen molar-refractivity contribution in [2.75, 3.05) is 26.7 Å². The van der Waals surface area contributed by atoms with Crippen LogP contribution in [0.5, 0.6) is 0 Å². The zero-order chi connectivity index (χ0) is 18.3. The molecule has 0 atom stereocenters. The number of halogens is 4. The topological polar surface area (TPSA) is 39.7 Å². The number of hydrogen-bond acceptors (Lipinski definition) is 2. The Labute approximate surface area is 155 Å². The van der Waals surface area contributed by atoms with Gasteiger partial charge in [0.2, 0.25) is 0 Å². The molecule has 1 saturated heterocycles. The van der Waals surface area contributed by atoms with E-state index < -0.39 is 12.6 Å². The minimum atomic E-state index is -4.15. The van der Waals surface area contributed by atoms with Gasteiger partial charge in [-0.05, 0) is 30.5 Å². The minimum Gasteiger partial charge on any atom is -0.356 e. The van der Waals surface area contributed by atoms with Gasteiger partial charge in [-0.15, -0.1) is 0 Å². The van der Waals surface area contributed by atoms with E-state index >= 15 is 0 Å².